The summed E-state index contributed by atoms with van der Waals surface area (Å²) in [6.45, 7) is 6.46. The van der Waals surface area contributed by atoms with Crippen LogP contribution in [0, 0.1) is 0 Å². The summed E-state index contributed by atoms with van der Waals surface area (Å²) in [5.41, 5.74) is 0. The van der Waals surface area contributed by atoms with E-state index in [1.807, 2.05) is 0 Å². The third-order valence-electron chi connectivity index (χ3n) is 1.35. The fourth-order valence-electron chi connectivity index (χ4n) is 0.509. The van der Waals surface area contributed by atoms with E-state index in [4.69, 9.17) is 46.4 Å². The summed E-state index contributed by atoms with van der Waals surface area (Å²) in [7, 11) is -1.36. The second kappa shape index (κ2) is 4.06. The van der Waals surface area contributed by atoms with Crippen molar-refractivity contribution in [3.05, 3.63) is 0 Å². The molecule has 0 aromatic rings. The first-order valence-corrected chi connectivity index (χ1v) is 8.48. The SMILES string of the molecule is C[Si](C)(C)C(Cl)CC(Cl)(Cl)Cl. The van der Waals surface area contributed by atoms with Crippen molar-refractivity contribution in [3.63, 3.8) is 0 Å². The largest absolute Gasteiger partial charge is 0.191 e. The highest BCUT2D eigenvalue weighted by Crippen LogP contribution is 2.35. The van der Waals surface area contributed by atoms with Gasteiger partial charge < -0.3 is 0 Å². The Kier molecular flexibility index (Phi) is 4.56. The molecule has 0 saturated heterocycles. The van der Waals surface area contributed by atoms with Crippen LogP contribution in [0.3, 0.4) is 0 Å². The quantitative estimate of drug-likeness (QED) is 0.511. The molecule has 0 heterocycles. The lowest BCUT2D eigenvalue weighted by atomic mass is 10.5. The molecule has 0 saturated carbocycles. The van der Waals surface area contributed by atoms with Gasteiger partial charge in [-0.3, -0.25) is 0 Å². The predicted molar refractivity (Wildman–Crippen MR) is 57.9 cm³/mol. The lowest BCUT2D eigenvalue weighted by Crippen LogP contribution is -2.36. The fraction of sp³-hybridized carbons (Fsp3) is 1.00. The molecule has 0 aliphatic heterocycles. The van der Waals surface area contributed by atoms with Crippen LogP contribution in [0.2, 0.25) is 19.6 Å². The van der Waals surface area contributed by atoms with E-state index in [9.17, 15) is 0 Å². The van der Waals surface area contributed by atoms with Gasteiger partial charge in [0.2, 0.25) is 0 Å². The van der Waals surface area contributed by atoms with Crippen LogP contribution in [0.1, 0.15) is 6.42 Å². The molecule has 0 rings (SSSR count). The third kappa shape index (κ3) is 6.53. The molecule has 11 heavy (non-hydrogen) atoms. The molecule has 0 N–H and O–H groups in total. The maximum Gasteiger partial charge on any atom is 0.191 e. The van der Waals surface area contributed by atoms with Gasteiger partial charge in [0.25, 0.3) is 0 Å². The predicted octanol–water partition coefficient (Wildman–Crippen LogP) is 4.23. The molecule has 1 unspecified atom stereocenters. The van der Waals surface area contributed by atoms with E-state index in [1.54, 1.807) is 0 Å². The van der Waals surface area contributed by atoms with E-state index >= 15 is 0 Å². The lowest BCUT2D eigenvalue weighted by molar-refractivity contribution is 0.912. The van der Waals surface area contributed by atoms with Crippen molar-refractivity contribution in [2.24, 2.45) is 0 Å². The standard InChI is InChI=1S/C6H12Cl4Si/c1-11(2,3)5(7)4-6(8,9)10/h5H,4H2,1-3H3. The normalized spacial score (nSPS) is 16.6. The van der Waals surface area contributed by atoms with Crippen molar-refractivity contribution in [1.82, 2.24) is 0 Å². The van der Waals surface area contributed by atoms with Crippen molar-refractivity contribution in [3.8, 4) is 0 Å². The number of alkyl halides is 4. The molecule has 5 heteroatoms. The summed E-state index contributed by atoms with van der Waals surface area (Å²) in [6, 6.07) is 0. The number of hydrogen-bond donors (Lipinski definition) is 0. The molecule has 0 aromatic heterocycles. The zero-order valence-electron chi connectivity index (χ0n) is 6.80. The minimum atomic E-state index is -1.36. The zero-order chi connectivity index (χ0) is 9.28. The smallest absolute Gasteiger partial charge is 0.126 e. The van der Waals surface area contributed by atoms with Gasteiger partial charge in [-0.15, -0.1) is 11.6 Å². The Labute approximate surface area is 89.2 Å². The minimum Gasteiger partial charge on any atom is -0.126 e. The van der Waals surface area contributed by atoms with E-state index < -0.39 is 11.9 Å². The van der Waals surface area contributed by atoms with E-state index in [0.29, 0.717) is 6.42 Å². The Bertz CT molecular complexity index is 124. The molecule has 1 atom stereocenters. The van der Waals surface area contributed by atoms with Crippen LogP contribution in [0.5, 0.6) is 0 Å². The van der Waals surface area contributed by atoms with Gasteiger partial charge in [-0.2, -0.15) is 0 Å². The van der Waals surface area contributed by atoms with Crippen LogP contribution >= 0.6 is 46.4 Å². The first-order chi connectivity index (χ1) is 4.63. The third-order valence-corrected chi connectivity index (χ3v) is 6.02. The van der Waals surface area contributed by atoms with Gasteiger partial charge in [0.1, 0.15) is 0 Å². The van der Waals surface area contributed by atoms with Gasteiger partial charge in [0.05, 0.1) is 8.07 Å². The second-order valence-corrected chi connectivity index (χ2v) is 12.5. The van der Waals surface area contributed by atoms with E-state index in [-0.39, 0.29) is 5.00 Å². The Hall–Kier alpha value is 1.38. The summed E-state index contributed by atoms with van der Waals surface area (Å²) in [6.07, 6.45) is 0.439. The molecule has 0 spiro atoms. The number of hydrogen-bond acceptors (Lipinski definition) is 0. The minimum absolute atomic E-state index is 0.0231. The van der Waals surface area contributed by atoms with Gasteiger partial charge in [-0.05, 0) is 0 Å². The monoisotopic (exact) mass is 252 g/mol. The van der Waals surface area contributed by atoms with Crippen molar-refractivity contribution in [2.45, 2.75) is 34.9 Å². The van der Waals surface area contributed by atoms with Gasteiger partial charge >= 0.3 is 0 Å². The molecule has 0 fully saturated rings. The second-order valence-electron chi connectivity index (χ2n) is 3.65. The Morgan fingerprint density at radius 2 is 1.55 bits per heavy atom. The summed E-state index contributed by atoms with van der Waals surface area (Å²) >= 11 is 22.9. The molecule has 0 bridgehead atoms. The Morgan fingerprint density at radius 3 is 1.64 bits per heavy atom. The van der Waals surface area contributed by atoms with E-state index in [1.165, 1.54) is 0 Å². The zero-order valence-corrected chi connectivity index (χ0v) is 10.8. The van der Waals surface area contributed by atoms with Gasteiger partial charge in [0.15, 0.2) is 3.79 Å². The highest BCUT2D eigenvalue weighted by molar-refractivity contribution is 6.84. The van der Waals surface area contributed by atoms with Gasteiger partial charge in [-0.1, -0.05) is 54.4 Å². The van der Waals surface area contributed by atoms with E-state index in [0.717, 1.165) is 0 Å². The molecule has 0 aliphatic carbocycles. The average Bonchev–Trinajstić information content (AvgIpc) is 1.56. The van der Waals surface area contributed by atoms with Crippen LogP contribution in [0.15, 0.2) is 0 Å². The highest BCUT2D eigenvalue weighted by Gasteiger charge is 2.32. The molecule has 0 nitrogen and oxygen atoms in total. The average molecular weight is 254 g/mol. The van der Waals surface area contributed by atoms with Crippen molar-refractivity contribution in [2.75, 3.05) is 0 Å². The molecule has 0 amide bonds. The maximum absolute atomic E-state index is 6.05. The summed E-state index contributed by atoms with van der Waals surface area (Å²) in [4.78, 5) is 0. The summed E-state index contributed by atoms with van der Waals surface area (Å²) < 4.78 is -1.20. The molecule has 0 aliphatic rings. The first kappa shape index (κ1) is 12.4. The van der Waals surface area contributed by atoms with Gasteiger partial charge in [0, 0.05) is 11.4 Å². The Balaban J connectivity index is 3.99. The topological polar surface area (TPSA) is 0 Å². The summed E-state index contributed by atoms with van der Waals surface area (Å²) in [5, 5.41) is 0.0231. The molecule has 0 aromatic carbocycles. The van der Waals surface area contributed by atoms with Crippen LogP contribution in [0.25, 0.3) is 0 Å². The number of halogens is 4. The molecule has 68 valence electrons. The Morgan fingerprint density at radius 1 is 1.18 bits per heavy atom. The number of rotatable bonds is 2. The lowest BCUT2D eigenvalue weighted by Gasteiger charge is -2.25. The van der Waals surface area contributed by atoms with Gasteiger partial charge in [-0.25, -0.2) is 0 Å². The summed E-state index contributed by atoms with van der Waals surface area (Å²) in [5.74, 6) is 0. The van der Waals surface area contributed by atoms with Crippen LogP contribution in [-0.4, -0.2) is 16.9 Å². The first-order valence-electron chi connectivity index (χ1n) is 3.34. The van der Waals surface area contributed by atoms with Crippen molar-refractivity contribution in [1.29, 1.82) is 0 Å². The van der Waals surface area contributed by atoms with Crippen molar-refractivity contribution < 1.29 is 0 Å². The molecule has 0 radical (unpaired) electrons. The van der Waals surface area contributed by atoms with Crippen LogP contribution in [0.4, 0.5) is 0 Å². The molecular formula is C6H12Cl4Si. The molecular weight excluding hydrogens is 242 g/mol. The maximum atomic E-state index is 6.05. The van der Waals surface area contributed by atoms with E-state index in [2.05, 4.69) is 19.6 Å². The highest BCUT2D eigenvalue weighted by atomic mass is 35.6. The fourth-order valence-corrected chi connectivity index (χ4v) is 2.75. The van der Waals surface area contributed by atoms with Crippen LogP contribution in [-0.2, 0) is 0 Å². The van der Waals surface area contributed by atoms with Crippen LogP contribution < -0.4 is 0 Å². The van der Waals surface area contributed by atoms with Crippen molar-refractivity contribution >= 4 is 54.5 Å².